The summed E-state index contributed by atoms with van der Waals surface area (Å²) < 4.78 is 7.10. The van der Waals surface area contributed by atoms with Crippen molar-refractivity contribution in [1.29, 1.82) is 0 Å². The first-order valence-electron chi connectivity index (χ1n) is 9.63. The first-order valence-corrected chi connectivity index (χ1v) is 9.63. The van der Waals surface area contributed by atoms with E-state index in [4.69, 9.17) is 4.74 Å². The number of hydrogen-bond donors (Lipinski definition) is 1. The van der Waals surface area contributed by atoms with Crippen molar-refractivity contribution >= 4 is 23.4 Å². The molecule has 0 spiro atoms. The summed E-state index contributed by atoms with van der Waals surface area (Å²) in [4.78, 5) is 27.8. The molecule has 1 atom stereocenters. The number of ether oxygens (including phenoxy) is 1. The largest absolute Gasteiger partial charge is 0.465 e. The third kappa shape index (κ3) is 2.75. The molecule has 2 aromatic rings. The smallest absolute Gasteiger partial charge is 0.411 e. The van der Waals surface area contributed by atoms with E-state index in [9.17, 15) is 14.7 Å². The minimum atomic E-state index is -1.01. The Morgan fingerprint density at radius 1 is 1.18 bits per heavy atom. The molecule has 8 heteroatoms. The molecule has 2 fully saturated rings. The predicted octanol–water partition coefficient (Wildman–Crippen LogP) is 2.75. The molecule has 1 aromatic heterocycles. The molecule has 8 nitrogen and oxygen atoms in total. The van der Waals surface area contributed by atoms with Crippen molar-refractivity contribution in [3.63, 3.8) is 0 Å². The number of amides is 2. The highest BCUT2D eigenvalue weighted by Crippen LogP contribution is 2.42. The van der Waals surface area contributed by atoms with E-state index in [0.29, 0.717) is 24.6 Å². The monoisotopic (exact) mass is 382 g/mol. The molecule has 2 amide bonds. The molecule has 1 aliphatic carbocycles. The summed E-state index contributed by atoms with van der Waals surface area (Å²) >= 11 is 0. The van der Waals surface area contributed by atoms with Gasteiger partial charge in [-0.15, -0.1) is 0 Å². The number of hydrogen-bond acceptors (Lipinski definition) is 4. The maximum absolute atomic E-state index is 12.8. The van der Waals surface area contributed by atoms with Crippen LogP contribution in [-0.2, 0) is 9.53 Å². The zero-order valence-corrected chi connectivity index (χ0v) is 15.6. The Morgan fingerprint density at radius 3 is 2.61 bits per heavy atom. The zero-order valence-electron chi connectivity index (χ0n) is 15.6. The van der Waals surface area contributed by atoms with Crippen molar-refractivity contribution in [2.75, 3.05) is 29.6 Å². The van der Waals surface area contributed by atoms with Crippen LogP contribution in [0.1, 0.15) is 25.8 Å². The number of nitrogens with zero attached hydrogens (tertiary/aromatic N) is 4. The molecule has 28 heavy (non-hydrogen) atoms. The Bertz CT molecular complexity index is 947. The van der Waals surface area contributed by atoms with Gasteiger partial charge < -0.3 is 14.7 Å². The summed E-state index contributed by atoms with van der Waals surface area (Å²) in [5.74, 6) is 0.179. The van der Waals surface area contributed by atoms with Crippen LogP contribution in [0.2, 0.25) is 0 Å². The van der Waals surface area contributed by atoms with Gasteiger partial charge in [-0.2, -0.15) is 5.10 Å². The van der Waals surface area contributed by atoms with Crippen molar-refractivity contribution in [2.45, 2.75) is 31.8 Å². The van der Waals surface area contributed by atoms with Crippen LogP contribution in [-0.4, -0.2) is 52.7 Å². The average molecular weight is 382 g/mol. The molecule has 1 saturated heterocycles. The highest BCUT2D eigenvalue weighted by Gasteiger charge is 2.41. The van der Waals surface area contributed by atoms with Gasteiger partial charge in [-0.05, 0) is 37.5 Å². The highest BCUT2D eigenvalue weighted by molar-refractivity contribution is 6.04. The van der Waals surface area contributed by atoms with Gasteiger partial charge in [0.2, 0.25) is 5.91 Å². The number of aromatic nitrogens is 2. The van der Waals surface area contributed by atoms with Gasteiger partial charge in [0.05, 0.1) is 42.9 Å². The van der Waals surface area contributed by atoms with Crippen molar-refractivity contribution in [2.24, 2.45) is 5.92 Å². The van der Waals surface area contributed by atoms with E-state index in [-0.39, 0.29) is 30.5 Å². The van der Waals surface area contributed by atoms with Gasteiger partial charge in [0.25, 0.3) is 0 Å². The Kier molecular flexibility index (Phi) is 3.90. The van der Waals surface area contributed by atoms with Gasteiger partial charge in [-0.1, -0.05) is 6.07 Å². The molecule has 146 valence electrons. The van der Waals surface area contributed by atoms with E-state index in [2.05, 4.69) is 5.10 Å². The number of benzene rings is 1. The summed E-state index contributed by atoms with van der Waals surface area (Å²) in [5, 5.41) is 14.1. The maximum atomic E-state index is 12.8. The number of anilines is 2. The number of carbonyl (C=O) groups excluding carboxylic acids is 1. The van der Waals surface area contributed by atoms with Gasteiger partial charge in [-0.25, -0.2) is 4.79 Å². The lowest BCUT2D eigenvalue weighted by Crippen LogP contribution is -2.52. The van der Waals surface area contributed by atoms with Crippen LogP contribution in [0.3, 0.4) is 0 Å². The van der Waals surface area contributed by atoms with E-state index in [0.717, 1.165) is 24.0 Å². The lowest BCUT2D eigenvalue weighted by atomic mass is 10.0. The summed E-state index contributed by atoms with van der Waals surface area (Å²) in [6, 6.07) is 5.71. The van der Waals surface area contributed by atoms with Crippen LogP contribution in [0.5, 0.6) is 0 Å². The Labute approximate surface area is 162 Å². The van der Waals surface area contributed by atoms with Gasteiger partial charge in [0.15, 0.2) is 0 Å². The van der Waals surface area contributed by atoms with E-state index < -0.39 is 6.09 Å². The molecule has 5 rings (SSSR count). The van der Waals surface area contributed by atoms with Crippen molar-refractivity contribution in [3.05, 3.63) is 30.6 Å². The van der Waals surface area contributed by atoms with E-state index in [1.165, 1.54) is 4.90 Å². The third-order valence-corrected chi connectivity index (χ3v) is 5.74. The molecule has 3 aliphatic rings. The summed E-state index contributed by atoms with van der Waals surface area (Å²) in [5.41, 5.74) is 3.02. The maximum Gasteiger partial charge on any atom is 0.411 e. The number of rotatable bonds is 3. The molecule has 1 aromatic carbocycles. The normalized spacial score (nSPS) is 22.0. The van der Waals surface area contributed by atoms with Crippen LogP contribution in [0.4, 0.5) is 16.2 Å². The van der Waals surface area contributed by atoms with Gasteiger partial charge in [0.1, 0.15) is 0 Å². The van der Waals surface area contributed by atoms with Crippen molar-refractivity contribution in [3.8, 4) is 11.1 Å². The molecule has 1 saturated carbocycles. The van der Waals surface area contributed by atoms with Crippen LogP contribution >= 0.6 is 0 Å². The van der Waals surface area contributed by atoms with Gasteiger partial charge in [-0.3, -0.25) is 14.4 Å². The fraction of sp³-hybridized carbons (Fsp3) is 0.450. The standard InChI is InChI=1S/C20H22N4O4/c1-12-8-22(20(26)27)18-6-14(15-7-21-23(9-15)16-10-28-11-16)4-5-17(18)24(12)19(25)13-2-3-13/h4-7,9,12-13,16H,2-3,8,10-11H2,1H3,(H,26,27)/t12-/m0/s1. The average Bonchev–Trinajstić information content (AvgIpc) is 3.38. The summed E-state index contributed by atoms with van der Waals surface area (Å²) in [7, 11) is 0. The number of carbonyl (C=O) groups is 2. The number of fused-ring (bicyclic) bond motifs is 1. The fourth-order valence-corrected chi connectivity index (χ4v) is 3.91. The first-order chi connectivity index (χ1) is 13.5. The third-order valence-electron chi connectivity index (χ3n) is 5.74. The summed E-state index contributed by atoms with van der Waals surface area (Å²) in [6.07, 6.45) is 4.57. The Balaban J connectivity index is 1.54. The SMILES string of the molecule is C[C@H]1CN(C(=O)O)c2cc(-c3cnn(C4COC4)c3)ccc2N1C(=O)C1CC1. The molecular formula is C20H22N4O4. The van der Waals surface area contributed by atoms with Crippen LogP contribution in [0.15, 0.2) is 30.6 Å². The lowest BCUT2D eigenvalue weighted by Gasteiger charge is -2.40. The van der Waals surface area contributed by atoms with Crippen molar-refractivity contribution in [1.82, 2.24) is 9.78 Å². The second-order valence-electron chi connectivity index (χ2n) is 7.83. The lowest BCUT2D eigenvalue weighted by molar-refractivity contribution is -0.120. The molecule has 0 unspecified atom stereocenters. The van der Waals surface area contributed by atoms with Gasteiger partial charge >= 0.3 is 6.09 Å². The fourth-order valence-electron chi connectivity index (χ4n) is 3.91. The topological polar surface area (TPSA) is 87.9 Å². The second kappa shape index (κ2) is 6.34. The van der Waals surface area contributed by atoms with Crippen LogP contribution in [0.25, 0.3) is 11.1 Å². The quantitative estimate of drug-likeness (QED) is 0.882. The molecule has 3 heterocycles. The Morgan fingerprint density at radius 2 is 1.96 bits per heavy atom. The minimum absolute atomic E-state index is 0.0780. The van der Waals surface area contributed by atoms with Crippen LogP contribution in [0, 0.1) is 5.92 Å². The number of carboxylic acid groups (broad SMARTS) is 1. The van der Waals surface area contributed by atoms with E-state index in [1.807, 2.05) is 36.0 Å². The zero-order chi connectivity index (χ0) is 19.4. The molecule has 0 bridgehead atoms. The minimum Gasteiger partial charge on any atom is -0.465 e. The van der Waals surface area contributed by atoms with Crippen LogP contribution < -0.4 is 9.80 Å². The molecule has 0 radical (unpaired) electrons. The Hall–Kier alpha value is -2.87. The van der Waals surface area contributed by atoms with E-state index in [1.54, 1.807) is 11.1 Å². The molecule has 1 N–H and O–H groups in total. The summed E-state index contributed by atoms with van der Waals surface area (Å²) in [6.45, 7) is 3.49. The molecule has 2 aliphatic heterocycles. The van der Waals surface area contributed by atoms with E-state index >= 15 is 0 Å². The highest BCUT2D eigenvalue weighted by atomic mass is 16.5. The predicted molar refractivity (Wildman–Crippen MR) is 103 cm³/mol. The second-order valence-corrected chi connectivity index (χ2v) is 7.83. The molecular weight excluding hydrogens is 360 g/mol. The van der Waals surface area contributed by atoms with Gasteiger partial charge in [0, 0.05) is 24.2 Å². The first kappa shape index (κ1) is 17.2. The van der Waals surface area contributed by atoms with Crippen molar-refractivity contribution < 1.29 is 19.4 Å².